The quantitative estimate of drug-likeness (QED) is 0.846. The molecule has 19 heavy (non-hydrogen) atoms. The second kappa shape index (κ2) is 5.26. The van der Waals surface area contributed by atoms with Crippen molar-refractivity contribution in [3.8, 4) is 0 Å². The van der Waals surface area contributed by atoms with Gasteiger partial charge in [0.15, 0.2) is 0 Å². The van der Waals surface area contributed by atoms with Crippen molar-refractivity contribution in [3.63, 3.8) is 0 Å². The van der Waals surface area contributed by atoms with E-state index in [1.165, 1.54) is 0 Å². The maximum atomic E-state index is 12.5. The van der Waals surface area contributed by atoms with Crippen LogP contribution >= 0.6 is 0 Å². The fourth-order valence-corrected chi connectivity index (χ4v) is 2.20. The minimum absolute atomic E-state index is 0.0203. The first-order valence-electron chi connectivity index (χ1n) is 6.30. The second-order valence-electron chi connectivity index (χ2n) is 4.82. The van der Waals surface area contributed by atoms with E-state index in [1.54, 1.807) is 9.58 Å². The highest BCUT2D eigenvalue weighted by Crippen LogP contribution is 2.15. The minimum Gasteiger partial charge on any atom is -0.337 e. The van der Waals surface area contributed by atoms with E-state index in [0.29, 0.717) is 12.1 Å². The summed E-state index contributed by atoms with van der Waals surface area (Å²) in [7, 11) is 3.68. The summed E-state index contributed by atoms with van der Waals surface area (Å²) in [6.45, 7) is 4.40. The van der Waals surface area contributed by atoms with Gasteiger partial charge >= 0.3 is 0 Å². The van der Waals surface area contributed by atoms with E-state index in [-0.39, 0.29) is 5.91 Å². The smallest absolute Gasteiger partial charge is 0.257 e. The van der Waals surface area contributed by atoms with Gasteiger partial charge in [0.1, 0.15) is 0 Å². The largest absolute Gasteiger partial charge is 0.337 e. The van der Waals surface area contributed by atoms with Gasteiger partial charge in [-0.3, -0.25) is 9.48 Å². The number of hydrogen-bond acceptors (Lipinski definition) is 2. The van der Waals surface area contributed by atoms with Crippen molar-refractivity contribution in [3.05, 3.63) is 52.8 Å². The predicted molar refractivity (Wildman–Crippen MR) is 74.9 cm³/mol. The lowest BCUT2D eigenvalue weighted by Crippen LogP contribution is -2.27. The molecule has 4 nitrogen and oxygen atoms in total. The molecule has 1 aromatic heterocycles. The lowest BCUT2D eigenvalue weighted by molar-refractivity contribution is 0.0783. The standard InChI is InChI=1S/C15H19N3O/c1-11-14(12(2)18(4)16-11)15(19)17(3)10-13-8-6-5-7-9-13/h5-9H,10H2,1-4H3. The number of aryl methyl sites for hydroxylation is 2. The summed E-state index contributed by atoms with van der Waals surface area (Å²) < 4.78 is 1.75. The molecule has 0 fully saturated rings. The molecular formula is C15H19N3O. The first-order chi connectivity index (χ1) is 9.00. The normalized spacial score (nSPS) is 10.5. The molecule has 0 radical (unpaired) electrons. The molecule has 1 amide bonds. The molecule has 2 rings (SSSR count). The van der Waals surface area contributed by atoms with Crippen LogP contribution in [0.3, 0.4) is 0 Å². The average molecular weight is 257 g/mol. The van der Waals surface area contributed by atoms with Crippen LogP contribution in [0.15, 0.2) is 30.3 Å². The molecule has 0 aliphatic carbocycles. The third-order valence-electron chi connectivity index (χ3n) is 3.33. The van der Waals surface area contributed by atoms with Crippen LogP contribution in [0.1, 0.15) is 27.3 Å². The Kier molecular flexibility index (Phi) is 3.69. The monoisotopic (exact) mass is 257 g/mol. The minimum atomic E-state index is 0.0203. The summed E-state index contributed by atoms with van der Waals surface area (Å²) in [6, 6.07) is 9.97. The van der Waals surface area contributed by atoms with Crippen LogP contribution in [0.5, 0.6) is 0 Å². The van der Waals surface area contributed by atoms with E-state index in [0.717, 1.165) is 17.0 Å². The third kappa shape index (κ3) is 2.67. The van der Waals surface area contributed by atoms with Gasteiger partial charge in [0.25, 0.3) is 5.91 Å². The van der Waals surface area contributed by atoms with Gasteiger partial charge in [-0.15, -0.1) is 0 Å². The molecule has 4 heteroatoms. The van der Waals surface area contributed by atoms with Gasteiger partial charge in [0.05, 0.1) is 11.3 Å². The molecule has 0 aliphatic heterocycles. The molecule has 0 aliphatic rings. The van der Waals surface area contributed by atoms with Gasteiger partial charge in [0.2, 0.25) is 0 Å². The van der Waals surface area contributed by atoms with E-state index < -0.39 is 0 Å². The number of hydrogen-bond donors (Lipinski definition) is 0. The highest BCUT2D eigenvalue weighted by Gasteiger charge is 2.20. The fraction of sp³-hybridized carbons (Fsp3) is 0.333. The Bertz CT molecular complexity index is 587. The zero-order valence-corrected chi connectivity index (χ0v) is 11.8. The Balaban J connectivity index is 2.20. The molecule has 100 valence electrons. The molecular weight excluding hydrogens is 238 g/mol. The summed E-state index contributed by atoms with van der Waals surface area (Å²) in [6.07, 6.45) is 0. The summed E-state index contributed by atoms with van der Waals surface area (Å²) in [5.41, 5.74) is 3.52. The SMILES string of the molecule is Cc1nn(C)c(C)c1C(=O)N(C)Cc1ccccc1. The highest BCUT2D eigenvalue weighted by molar-refractivity contribution is 5.96. The number of rotatable bonds is 3. The van der Waals surface area contributed by atoms with Crippen LogP contribution in [-0.2, 0) is 13.6 Å². The summed E-state index contributed by atoms with van der Waals surface area (Å²) in [5.74, 6) is 0.0203. The first-order valence-corrected chi connectivity index (χ1v) is 6.30. The molecule has 0 atom stereocenters. The van der Waals surface area contributed by atoms with Crippen LogP contribution in [0.4, 0.5) is 0 Å². The first kappa shape index (κ1) is 13.3. The molecule has 2 aromatic rings. The van der Waals surface area contributed by atoms with Gasteiger partial charge in [-0.25, -0.2) is 0 Å². The predicted octanol–water partition coefficient (Wildman–Crippen LogP) is 2.31. The fourth-order valence-electron chi connectivity index (χ4n) is 2.20. The van der Waals surface area contributed by atoms with Gasteiger partial charge in [-0.2, -0.15) is 5.10 Å². The maximum absolute atomic E-state index is 12.5. The van der Waals surface area contributed by atoms with Crippen molar-refractivity contribution in [1.29, 1.82) is 0 Å². The topological polar surface area (TPSA) is 38.1 Å². The van der Waals surface area contributed by atoms with E-state index in [4.69, 9.17) is 0 Å². The Morgan fingerprint density at radius 1 is 1.26 bits per heavy atom. The Morgan fingerprint density at radius 3 is 2.42 bits per heavy atom. The molecule has 0 unspecified atom stereocenters. The molecule has 0 bridgehead atoms. The number of amides is 1. The zero-order chi connectivity index (χ0) is 14.0. The Hall–Kier alpha value is -2.10. The van der Waals surface area contributed by atoms with Crippen LogP contribution in [0, 0.1) is 13.8 Å². The summed E-state index contributed by atoms with van der Waals surface area (Å²) in [4.78, 5) is 14.2. The Labute approximate surface area is 113 Å². The molecule has 1 heterocycles. The third-order valence-corrected chi connectivity index (χ3v) is 3.33. The van der Waals surface area contributed by atoms with E-state index in [9.17, 15) is 4.79 Å². The second-order valence-corrected chi connectivity index (χ2v) is 4.82. The van der Waals surface area contributed by atoms with Crippen LogP contribution in [0.25, 0.3) is 0 Å². The lowest BCUT2D eigenvalue weighted by atomic mass is 10.1. The summed E-state index contributed by atoms with van der Waals surface area (Å²) >= 11 is 0. The number of benzene rings is 1. The molecule has 0 N–H and O–H groups in total. The van der Waals surface area contributed by atoms with Gasteiger partial charge in [0, 0.05) is 26.3 Å². The van der Waals surface area contributed by atoms with Crippen molar-refractivity contribution in [2.45, 2.75) is 20.4 Å². The zero-order valence-electron chi connectivity index (χ0n) is 11.8. The molecule has 0 saturated carbocycles. The molecule has 0 spiro atoms. The van der Waals surface area contributed by atoms with Crippen LogP contribution < -0.4 is 0 Å². The number of aromatic nitrogens is 2. The van der Waals surface area contributed by atoms with Crippen molar-refractivity contribution in [1.82, 2.24) is 14.7 Å². The van der Waals surface area contributed by atoms with E-state index in [1.807, 2.05) is 58.3 Å². The van der Waals surface area contributed by atoms with Gasteiger partial charge in [-0.05, 0) is 19.4 Å². The van der Waals surface area contributed by atoms with Crippen molar-refractivity contribution >= 4 is 5.91 Å². The van der Waals surface area contributed by atoms with Crippen LogP contribution in [-0.4, -0.2) is 27.6 Å². The number of carbonyl (C=O) groups excluding carboxylic acids is 1. The Morgan fingerprint density at radius 2 is 1.89 bits per heavy atom. The van der Waals surface area contributed by atoms with Crippen molar-refractivity contribution < 1.29 is 4.79 Å². The summed E-state index contributed by atoms with van der Waals surface area (Å²) in [5, 5.41) is 4.29. The molecule has 1 aromatic carbocycles. The van der Waals surface area contributed by atoms with Gasteiger partial charge < -0.3 is 4.90 Å². The van der Waals surface area contributed by atoms with E-state index >= 15 is 0 Å². The van der Waals surface area contributed by atoms with E-state index in [2.05, 4.69) is 5.10 Å². The number of nitrogens with zero attached hydrogens (tertiary/aromatic N) is 3. The number of carbonyl (C=O) groups is 1. The highest BCUT2D eigenvalue weighted by atomic mass is 16.2. The van der Waals surface area contributed by atoms with Gasteiger partial charge in [-0.1, -0.05) is 30.3 Å². The average Bonchev–Trinajstić information content (AvgIpc) is 2.63. The van der Waals surface area contributed by atoms with Crippen molar-refractivity contribution in [2.24, 2.45) is 7.05 Å². The maximum Gasteiger partial charge on any atom is 0.257 e. The van der Waals surface area contributed by atoms with Crippen molar-refractivity contribution in [2.75, 3.05) is 7.05 Å². The lowest BCUT2D eigenvalue weighted by Gasteiger charge is -2.17. The molecule has 0 saturated heterocycles. The van der Waals surface area contributed by atoms with Crippen LogP contribution in [0.2, 0.25) is 0 Å².